The molecule has 132 valence electrons. The second-order valence-corrected chi connectivity index (χ2v) is 6.20. The van der Waals surface area contributed by atoms with Crippen LogP contribution >= 0.6 is 0 Å². The zero-order valence-electron chi connectivity index (χ0n) is 14.2. The molecule has 26 heavy (non-hydrogen) atoms. The second-order valence-electron chi connectivity index (χ2n) is 6.20. The molecule has 8 heteroatoms. The number of hydrogen-bond acceptors (Lipinski definition) is 6. The highest BCUT2D eigenvalue weighted by Crippen LogP contribution is 2.23. The topological polar surface area (TPSA) is 88.8 Å². The molecule has 8 nitrogen and oxygen atoms in total. The van der Waals surface area contributed by atoms with Gasteiger partial charge in [-0.1, -0.05) is 30.3 Å². The molecule has 0 unspecified atom stereocenters. The molecular weight excluding hydrogens is 330 g/mol. The van der Waals surface area contributed by atoms with Gasteiger partial charge in [0.1, 0.15) is 24.8 Å². The Morgan fingerprint density at radius 2 is 1.92 bits per heavy atom. The molecule has 1 aromatic carbocycles. The van der Waals surface area contributed by atoms with Gasteiger partial charge in [0.25, 0.3) is 0 Å². The van der Waals surface area contributed by atoms with Gasteiger partial charge in [-0.2, -0.15) is 5.10 Å². The second kappa shape index (κ2) is 7.30. The Labute approximate surface area is 150 Å². The average molecular weight is 349 g/mol. The van der Waals surface area contributed by atoms with Crippen molar-refractivity contribution in [1.29, 1.82) is 0 Å². The van der Waals surface area contributed by atoms with Crippen LogP contribution in [0.1, 0.15) is 5.56 Å². The normalized spacial score (nSPS) is 14.1. The van der Waals surface area contributed by atoms with Gasteiger partial charge in [-0.25, -0.2) is 19.6 Å². The highest BCUT2D eigenvalue weighted by molar-refractivity contribution is 5.81. The lowest BCUT2D eigenvalue weighted by Gasteiger charge is -2.39. The Hall–Kier alpha value is -3.29. The lowest BCUT2D eigenvalue weighted by molar-refractivity contribution is -0.125. The van der Waals surface area contributed by atoms with Crippen molar-refractivity contribution >= 4 is 11.7 Å². The summed E-state index contributed by atoms with van der Waals surface area (Å²) in [6.07, 6.45) is 5.39. The van der Waals surface area contributed by atoms with Crippen LogP contribution in [-0.4, -0.2) is 50.3 Å². The van der Waals surface area contributed by atoms with Gasteiger partial charge in [0.05, 0.1) is 5.92 Å². The van der Waals surface area contributed by atoms with Gasteiger partial charge >= 0.3 is 0 Å². The molecule has 3 heterocycles. The zero-order valence-corrected chi connectivity index (χ0v) is 14.2. The van der Waals surface area contributed by atoms with Crippen LogP contribution in [0.2, 0.25) is 0 Å². The van der Waals surface area contributed by atoms with E-state index in [1.807, 2.05) is 24.3 Å². The highest BCUT2D eigenvalue weighted by Gasteiger charge is 2.33. The first-order valence-corrected chi connectivity index (χ1v) is 8.53. The molecule has 1 aliphatic rings. The molecule has 0 bridgehead atoms. The maximum atomic E-state index is 12.3. The fourth-order valence-electron chi connectivity index (χ4n) is 2.91. The third-order valence-electron chi connectivity index (χ3n) is 4.42. The van der Waals surface area contributed by atoms with Crippen molar-refractivity contribution in [2.45, 2.75) is 6.42 Å². The van der Waals surface area contributed by atoms with E-state index in [4.69, 9.17) is 0 Å². The predicted molar refractivity (Wildman–Crippen MR) is 95.8 cm³/mol. The van der Waals surface area contributed by atoms with Crippen LogP contribution in [0, 0.1) is 5.92 Å². The molecule has 2 aromatic heterocycles. The number of anilines is 1. The standard InChI is InChI=1S/C18H19N7O/c26-18(20-7-6-14-4-2-1-3-5-14)15-9-24(10-15)16-8-17(22-12-21-16)25-13-19-11-23-25/h1-5,8,11-13,15H,6-7,9-10H2,(H,20,26). The Morgan fingerprint density at radius 1 is 1.12 bits per heavy atom. The summed E-state index contributed by atoms with van der Waals surface area (Å²) < 4.78 is 1.58. The number of carbonyl (C=O) groups excluding carboxylic acids is 1. The van der Waals surface area contributed by atoms with E-state index in [0.717, 1.165) is 12.2 Å². The number of aromatic nitrogens is 5. The van der Waals surface area contributed by atoms with Gasteiger partial charge in [0, 0.05) is 25.7 Å². The first kappa shape index (κ1) is 16.2. The Kier molecular flexibility index (Phi) is 4.55. The van der Waals surface area contributed by atoms with Crippen LogP contribution in [0.4, 0.5) is 5.82 Å². The number of carbonyl (C=O) groups is 1. The van der Waals surface area contributed by atoms with E-state index in [9.17, 15) is 4.79 Å². The van der Waals surface area contributed by atoms with Gasteiger partial charge in [-0.15, -0.1) is 0 Å². The van der Waals surface area contributed by atoms with Gasteiger partial charge in [-0.3, -0.25) is 4.79 Å². The first-order valence-electron chi connectivity index (χ1n) is 8.53. The molecule has 4 rings (SSSR count). The summed E-state index contributed by atoms with van der Waals surface area (Å²) >= 11 is 0. The molecule has 0 radical (unpaired) electrons. The van der Waals surface area contributed by atoms with E-state index in [-0.39, 0.29) is 11.8 Å². The van der Waals surface area contributed by atoms with Crippen molar-refractivity contribution in [2.75, 3.05) is 24.5 Å². The van der Waals surface area contributed by atoms with Crippen LogP contribution in [0.15, 0.2) is 55.4 Å². The molecule has 1 fully saturated rings. The molecule has 0 saturated carbocycles. The average Bonchev–Trinajstić information content (AvgIpc) is 3.16. The van der Waals surface area contributed by atoms with Crippen molar-refractivity contribution in [3.05, 3.63) is 60.9 Å². The number of nitrogens with zero attached hydrogens (tertiary/aromatic N) is 6. The monoisotopic (exact) mass is 349 g/mol. The summed E-state index contributed by atoms with van der Waals surface area (Å²) in [5.74, 6) is 1.54. The van der Waals surface area contributed by atoms with Crippen LogP contribution in [0.5, 0.6) is 0 Å². The van der Waals surface area contributed by atoms with Gasteiger partial charge in [-0.05, 0) is 12.0 Å². The number of nitrogens with one attached hydrogen (secondary N) is 1. The van der Waals surface area contributed by atoms with E-state index in [1.54, 1.807) is 11.0 Å². The van der Waals surface area contributed by atoms with Crippen molar-refractivity contribution < 1.29 is 4.79 Å². The maximum absolute atomic E-state index is 12.3. The summed E-state index contributed by atoms with van der Waals surface area (Å²) in [5, 5.41) is 7.08. The number of benzene rings is 1. The summed E-state index contributed by atoms with van der Waals surface area (Å²) in [7, 11) is 0. The molecule has 1 aliphatic heterocycles. The molecule has 1 amide bonds. The minimum absolute atomic E-state index is 0.00411. The van der Waals surface area contributed by atoms with Crippen molar-refractivity contribution in [3.63, 3.8) is 0 Å². The first-order chi connectivity index (χ1) is 12.8. The van der Waals surface area contributed by atoms with E-state index < -0.39 is 0 Å². The molecule has 1 saturated heterocycles. The fraction of sp³-hybridized carbons (Fsp3) is 0.278. The quantitative estimate of drug-likeness (QED) is 0.710. The number of amides is 1. The molecule has 0 aliphatic carbocycles. The van der Waals surface area contributed by atoms with E-state index in [1.165, 1.54) is 18.2 Å². The van der Waals surface area contributed by atoms with E-state index >= 15 is 0 Å². The molecule has 1 N–H and O–H groups in total. The molecular formula is C18H19N7O. The molecule has 0 atom stereocenters. The summed E-state index contributed by atoms with van der Waals surface area (Å²) in [6.45, 7) is 1.97. The summed E-state index contributed by atoms with van der Waals surface area (Å²) in [5.41, 5.74) is 1.23. The van der Waals surface area contributed by atoms with Crippen molar-refractivity contribution in [2.24, 2.45) is 5.92 Å². The molecule has 0 spiro atoms. The summed E-state index contributed by atoms with van der Waals surface area (Å²) in [4.78, 5) is 26.7. The van der Waals surface area contributed by atoms with Crippen LogP contribution in [0.3, 0.4) is 0 Å². The number of rotatable bonds is 6. The van der Waals surface area contributed by atoms with Gasteiger partial charge < -0.3 is 10.2 Å². The fourth-order valence-corrected chi connectivity index (χ4v) is 2.91. The number of hydrogen-bond donors (Lipinski definition) is 1. The minimum Gasteiger partial charge on any atom is -0.355 e. The van der Waals surface area contributed by atoms with Gasteiger partial charge in [0.15, 0.2) is 5.82 Å². The Balaban J connectivity index is 1.27. The van der Waals surface area contributed by atoms with Crippen LogP contribution in [-0.2, 0) is 11.2 Å². The SMILES string of the molecule is O=C(NCCc1ccccc1)C1CN(c2cc(-n3cncn3)ncn2)C1. The smallest absolute Gasteiger partial charge is 0.226 e. The largest absolute Gasteiger partial charge is 0.355 e. The predicted octanol–water partition coefficient (Wildman–Crippen LogP) is 0.852. The highest BCUT2D eigenvalue weighted by atomic mass is 16.2. The van der Waals surface area contributed by atoms with Crippen molar-refractivity contribution in [3.8, 4) is 5.82 Å². The van der Waals surface area contributed by atoms with Gasteiger partial charge in [0.2, 0.25) is 5.91 Å². The maximum Gasteiger partial charge on any atom is 0.226 e. The Bertz CT molecular complexity index is 860. The molecule has 3 aromatic rings. The van der Waals surface area contributed by atoms with E-state index in [2.05, 4.69) is 42.4 Å². The minimum atomic E-state index is -0.00411. The van der Waals surface area contributed by atoms with Crippen LogP contribution < -0.4 is 10.2 Å². The lowest BCUT2D eigenvalue weighted by atomic mass is 9.99. The third kappa shape index (κ3) is 3.53. The zero-order chi connectivity index (χ0) is 17.8. The third-order valence-corrected chi connectivity index (χ3v) is 4.42. The Morgan fingerprint density at radius 3 is 2.69 bits per heavy atom. The van der Waals surface area contributed by atoms with Crippen LogP contribution in [0.25, 0.3) is 5.82 Å². The van der Waals surface area contributed by atoms with E-state index in [0.29, 0.717) is 25.5 Å². The summed E-state index contributed by atoms with van der Waals surface area (Å²) in [6, 6.07) is 12.0. The van der Waals surface area contributed by atoms with Crippen molar-refractivity contribution in [1.82, 2.24) is 30.0 Å². The lowest BCUT2D eigenvalue weighted by Crippen LogP contribution is -2.54.